The quantitative estimate of drug-likeness (QED) is 0.852. The largest absolute Gasteiger partial charge is 0.349 e. The minimum atomic E-state index is -0.0101. The first-order chi connectivity index (χ1) is 8.15. The van der Waals surface area contributed by atoms with Crippen molar-refractivity contribution in [3.8, 4) is 0 Å². The summed E-state index contributed by atoms with van der Waals surface area (Å²) in [7, 11) is 0. The van der Waals surface area contributed by atoms with Gasteiger partial charge in [-0.1, -0.05) is 19.8 Å². The van der Waals surface area contributed by atoms with E-state index in [1.165, 1.54) is 12.8 Å². The zero-order valence-corrected chi connectivity index (χ0v) is 11.5. The lowest BCUT2D eigenvalue weighted by Gasteiger charge is -2.27. The normalized spacial score (nSPS) is 24.4. The molecule has 1 amide bonds. The summed E-state index contributed by atoms with van der Waals surface area (Å²) < 4.78 is 0.750. The van der Waals surface area contributed by atoms with Gasteiger partial charge in [0.1, 0.15) is 4.60 Å². The Kier molecular flexibility index (Phi) is 4.15. The molecule has 1 aliphatic rings. The van der Waals surface area contributed by atoms with Crippen LogP contribution in [0.3, 0.4) is 0 Å². The van der Waals surface area contributed by atoms with E-state index in [-0.39, 0.29) is 5.91 Å². The van der Waals surface area contributed by atoms with Crippen LogP contribution in [0.15, 0.2) is 22.9 Å². The lowest BCUT2D eigenvalue weighted by Crippen LogP contribution is -2.38. The molecule has 1 aromatic heterocycles. The number of hydrogen-bond donors (Lipinski definition) is 1. The predicted octanol–water partition coefficient (Wildman–Crippen LogP) is 3.15. The van der Waals surface area contributed by atoms with E-state index >= 15 is 0 Å². The van der Waals surface area contributed by atoms with Gasteiger partial charge in [-0.05, 0) is 46.8 Å². The summed E-state index contributed by atoms with van der Waals surface area (Å²) in [4.78, 5) is 16.0. The second-order valence-electron chi connectivity index (χ2n) is 4.81. The fourth-order valence-corrected chi connectivity index (χ4v) is 2.58. The Balaban J connectivity index is 1.94. The van der Waals surface area contributed by atoms with Crippen molar-refractivity contribution in [2.45, 2.75) is 38.6 Å². The van der Waals surface area contributed by atoms with Crippen molar-refractivity contribution in [2.75, 3.05) is 0 Å². The Morgan fingerprint density at radius 3 is 2.94 bits per heavy atom. The van der Waals surface area contributed by atoms with Crippen LogP contribution in [0.4, 0.5) is 0 Å². The van der Waals surface area contributed by atoms with E-state index in [1.54, 1.807) is 18.3 Å². The Morgan fingerprint density at radius 2 is 2.29 bits per heavy atom. The van der Waals surface area contributed by atoms with E-state index < -0.39 is 0 Å². The van der Waals surface area contributed by atoms with Crippen LogP contribution in [-0.4, -0.2) is 16.9 Å². The minimum absolute atomic E-state index is 0.0101. The monoisotopic (exact) mass is 296 g/mol. The number of pyridine rings is 1. The Labute approximate surface area is 110 Å². The third kappa shape index (κ3) is 3.53. The van der Waals surface area contributed by atoms with Gasteiger partial charge in [0.05, 0.1) is 5.56 Å². The third-order valence-corrected chi connectivity index (χ3v) is 3.73. The summed E-state index contributed by atoms with van der Waals surface area (Å²) in [5.41, 5.74) is 0.631. The van der Waals surface area contributed by atoms with Gasteiger partial charge in [-0.3, -0.25) is 4.79 Å². The Bertz CT molecular complexity index is 391. The molecule has 2 rings (SSSR count). The molecular formula is C13H17BrN2O. The summed E-state index contributed by atoms with van der Waals surface area (Å²) in [6.45, 7) is 2.25. The SMILES string of the molecule is CC1CCCC(NC(=O)c2ccc(Br)nc2)C1. The highest BCUT2D eigenvalue weighted by atomic mass is 79.9. The van der Waals surface area contributed by atoms with Crippen LogP contribution in [0, 0.1) is 5.92 Å². The van der Waals surface area contributed by atoms with Crippen molar-refractivity contribution in [2.24, 2.45) is 5.92 Å². The predicted molar refractivity (Wildman–Crippen MR) is 70.8 cm³/mol. The maximum atomic E-state index is 12.0. The number of nitrogens with zero attached hydrogens (tertiary/aromatic N) is 1. The van der Waals surface area contributed by atoms with Gasteiger partial charge < -0.3 is 5.32 Å². The number of carbonyl (C=O) groups is 1. The van der Waals surface area contributed by atoms with Crippen LogP contribution >= 0.6 is 15.9 Å². The van der Waals surface area contributed by atoms with E-state index in [2.05, 4.69) is 33.2 Å². The summed E-state index contributed by atoms with van der Waals surface area (Å²) >= 11 is 3.26. The molecular weight excluding hydrogens is 280 g/mol. The fraction of sp³-hybridized carbons (Fsp3) is 0.538. The van der Waals surface area contributed by atoms with E-state index in [0.29, 0.717) is 11.6 Å². The molecule has 1 saturated carbocycles. The minimum Gasteiger partial charge on any atom is -0.349 e. The van der Waals surface area contributed by atoms with Gasteiger partial charge in [0.15, 0.2) is 0 Å². The summed E-state index contributed by atoms with van der Waals surface area (Å²) in [5.74, 6) is 0.709. The van der Waals surface area contributed by atoms with Crippen LogP contribution in [0.2, 0.25) is 0 Å². The Hall–Kier alpha value is -0.900. The molecule has 0 saturated heterocycles. The topological polar surface area (TPSA) is 42.0 Å². The van der Waals surface area contributed by atoms with Gasteiger partial charge >= 0.3 is 0 Å². The molecule has 1 N–H and O–H groups in total. The molecule has 17 heavy (non-hydrogen) atoms. The lowest BCUT2D eigenvalue weighted by atomic mass is 9.87. The van der Waals surface area contributed by atoms with Crippen molar-refractivity contribution in [1.82, 2.24) is 10.3 Å². The Morgan fingerprint density at radius 1 is 1.47 bits per heavy atom. The second-order valence-corrected chi connectivity index (χ2v) is 5.62. The number of halogens is 1. The first-order valence-corrected chi connectivity index (χ1v) is 6.87. The first kappa shape index (κ1) is 12.6. The smallest absolute Gasteiger partial charge is 0.253 e. The summed E-state index contributed by atoms with van der Waals surface area (Å²) in [6.07, 6.45) is 6.29. The molecule has 1 heterocycles. The second kappa shape index (κ2) is 5.63. The number of carbonyl (C=O) groups excluding carboxylic acids is 1. The third-order valence-electron chi connectivity index (χ3n) is 3.26. The van der Waals surface area contributed by atoms with E-state index in [1.807, 2.05) is 0 Å². The molecule has 2 atom stereocenters. The van der Waals surface area contributed by atoms with Crippen molar-refractivity contribution in [3.63, 3.8) is 0 Å². The van der Waals surface area contributed by atoms with Crippen molar-refractivity contribution >= 4 is 21.8 Å². The highest BCUT2D eigenvalue weighted by Gasteiger charge is 2.20. The van der Waals surface area contributed by atoms with Crippen LogP contribution in [0.5, 0.6) is 0 Å². The van der Waals surface area contributed by atoms with Crippen molar-refractivity contribution in [3.05, 3.63) is 28.5 Å². The molecule has 1 aromatic rings. The molecule has 4 heteroatoms. The molecule has 0 aliphatic heterocycles. The number of hydrogen-bond acceptors (Lipinski definition) is 2. The lowest BCUT2D eigenvalue weighted by molar-refractivity contribution is 0.0921. The number of aromatic nitrogens is 1. The highest BCUT2D eigenvalue weighted by molar-refractivity contribution is 9.10. The molecule has 0 spiro atoms. The molecule has 1 aliphatic carbocycles. The standard InChI is InChI=1S/C13H17BrN2O/c1-9-3-2-4-11(7-9)16-13(17)10-5-6-12(14)15-8-10/h5-6,8-9,11H,2-4,7H2,1H3,(H,16,17). The zero-order chi connectivity index (χ0) is 12.3. The number of rotatable bonds is 2. The molecule has 92 valence electrons. The molecule has 0 aromatic carbocycles. The van der Waals surface area contributed by atoms with Gasteiger partial charge in [-0.2, -0.15) is 0 Å². The van der Waals surface area contributed by atoms with Crippen LogP contribution in [-0.2, 0) is 0 Å². The van der Waals surface area contributed by atoms with Gasteiger partial charge in [-0.15, -0.1) is 0 Å². The van der Waals surface area contributed by atoms with Gasteiger partial charge in [0.2, 0.25) is 0 Å². The molecule has 0 radical (unpaired) electrons. The van der Waals surface area contributed by atoms with Crippen LogP contribution in [0.1, 0.15) is 43.0 Å². The number of amides is 1. The molecule has 2 unspecified atom stereocenters. The van der Waals surface area contributed by atoms with E-state index in [4.69, 9.17) is 0 Å². The maximum Gasteiger partial charge on any atom is 0.253 e. The summed E-state index contributed by atoms with van der Waals surface area (Å²) in [5, 5.41) is 3.09. The van der Waals surface area contributed by atoms with Crippen molar-refractivity contribution < 1.29 is 4.79 Å². The van der Waals surface area contributed by atoms with Crippen LogP contribution < -0.4 is 5.32 Å². The molecule has 0 bridgehead atoms. The molecule has 3 nitrogen and oxygen atoms in total. The van der Waals surface area contributed by atoms with Crippen molar-refractivity contribution in [1.29, 1.82) is 0 Å². The summed E-state index contributed by atoms with van der Waals surface area (Å²) in [6, 6.07) is 3.91. The average molecular weight is 297 g/mol. The fourth-order valence-electron chi connectivity index (χ4n) is 2.34. The highest BCUT2D eigenvalue weighted by Crippen LogP contribution is 2.23. The van der Waals surface area contributed by atoms with Crippen LogP contribution in [0.25, 0.3) is 0 Å². The zero-order valence-electron chi connectivity index (χ0n) is 9.95. The van der Waals surface area contributed by atoms with E-state index in [9.17, 15) is 4.79 Å². The first-order valence-electron chi connectivity index (χ1n) is 6.07. The van der Waals surface area contributed by atoms with E-state index in [0.717, 1.165) is 23.4 Å². The van der Waals surface area contributed by atoms with Gasteiger partial charge in [0.25, 0.3) is 5.91 Å². The number of nitrogens with one attached hydrogen (secondary N) is 1. The van der Waals surface area contributed by atoms with Gasteiger partial charge in [-0.25, -0.2) is 4.98 Å². The average Bonchev–Trinajstić information content (AvgIpc) is 2.29. The van der Waals surface area contributed by atoms with Gasteiger partial charge in [0, 0.05) is 12.2 Å². The maximum absolute atomic E-state index is 12.0. The molecule has 1 fully saturated rings.